The summed E-state index contributed by atoms with van der Waals surface area (Å²) in [4.78, 5) is 17.0. The van der Waals surface area contributed by atoms with Gasteiger partial charge in [-0.3, -0.25) is 0 Å². The molecule has 1 aromatic heterocycles. The molecule has 4 aromatic carbocycles. The predicted octanol–water partition coefficient (Wildman–Crippen LogP) is 6.89. The van der Waals surface area contributed by atoms with Crippen LogP contribution in [0.1, 0.15) is 28.0 Å². The zero-order valence-corrected chi connectivity index (χ0v) is 19.6. The monoisotopic (exact) mass is 475 g/mol. The fraction of sp³-hybridized carbons (Fsp3) is 0.0968. The summed E-state index contributed by atoms with van der Waals surface area (Å²) in [5, 5.41) is 12.4. The Kier molecular flexibility index (Phi) is 6.90. The highest BCUT2D eigenvalue weighted by molar-refractivity contribution is 5.95. The second-order valence-corrected chi connectivity index (χ2v) is 8.42. The summed E-state index contributed by atoms with van der Waals surface area (Å²) < 4.78 is 11.2. The van der Waals surface area contributed by atoms with E-state index in [-0.39, 0.29) is 18.3 Å². The highest BCUT2D eigenvalue weighted by Gasteiger charge is 2.08. The van der Waals surface area contributed by atoms with Gasteiger partial charge < -0.3 is 14.6 Å². The summed E-state index contributed by atoms with van der Waals surface area (Å²) in [6.45, 7) is 0.715. The Morgan fingerprint density at radius 1 is 0.778 bits per heavy atom. The maximum Gasteiger partial charge on any atom is 0.338 e. The number of phenolic OH excluding ortho intramolecular Hbond substituents is 1. The topological polar surface area (TPSA) is 68.7 Å². The van der Waals surface area contributed by atoms with Gasteiger partial charge in [-0.15, -0.1) is 0 Å². The van der Waals surface area contributed by atoms with Gasteiger partial charge in [-0.05, 0) is 70.9 Å². The predicted molar refractivity (Wildman–Crippen MR) is 143 cm³/mol. The average Bonchev–Trinajstić information content (AvgIpc) is 2.92. The zero-order valence-electron chi connectivity index (χ0n) is 19.6. The number of benzene rings is 4. The van der Waals surface area contributed by atoms with E-state index in [4.69, 9.17) is 9.47 Å². The quantitative estimate of drug-likeness (QED) is 0.195. The molecule has 0 aliphatic heterocycles. The van der Waals surface area contributed by atoms with Crippen LogP contribution in [0, 0.1) is 0 Å². The first-order valence-electron chi connectivity index (χ1n) is 11.8. The van der Waals surface area contributed by atoms with Crippen molar-refractivity contribution in [2.45, 2.75) is 6.42 Å². The number of hydrogen-bond acceptors (Lipinski definition) is 5. The van der Waals surface area contributed by atoms with E-state index in [2.05, 4.69) is 17.1 Å². The number of carbonyl (C=O) groups is 1. The fourth-order valence-electron chi connectivity index (χ4n) is 3.89. The molecule has 0 aliphatic rings. The molecule has 0 aliphatic carbocycles. The van der Waals surface area contributed by atoms with Gasteiger partial charge in [-0.25, -0.2) is 9.78 Å². The Labute approximate surface area is 209 Å². The molecule has 5 heteroatoms. The first kappa shape index (κ1) is 23.1. The molecule has 0 amide bonds. The first-order chi connectivity index (χ1) is 17.6. The summed E-state index contributed by atoms with van der Waals surface area (Å²) in [5.41, 5.74) is 3.42. The molecule has 1 heterocycles. The number of pyridine rings is 1. The Morgan fingerprint density at radius 3 is 2.44 bits per heavy atom. The minimum atomic E-state index is -0.373. The van der Waals surface area contributed by atoms with E-state index in [1.165, 1.54) is 0 Å². The molecule has 5 rings (SSSR count). The number of rotatable bonds is 8. The number of aromatic hydroxyl groups is 1. The third-order valence-electron chi connectivity index (χ3n) is 5.80. The van der Waals surface area contributed by atoms with Crippen LogP contribution in [0.3, 0.4) is 0 Å². The average molecular weight is 476 g/mol. The van der Waals surface area contributed by atoms with Crippen LogP contribution in [-0.2, 0) is 4.74 Å². The largest absolute Gasteiger partial charge is 0.508 e. The standard InChI is InChI=1S/C31H25NO4/c33-28-15-12-24-20-26(10-9-25(24)21-28)31(34)36-19-3-18-35-29-16-7-22(8-17-29)6-13-27-14-11-23-4-1-2-5-30(23)32-27/h1-2,4-17,20-21,33H,3,18-19H2/b13-6+. The van der Waals surface area contributed by atoms with E-state index in [0.29, 0.717) is 18.6 Å². The van der Waals surface area contributed by atoms with Crippen LogP contribution in [0.4, 0.5) is 0 Å². The lowest BCUT2D eigenvalue weighted by molar-refractivity contribution is 0.0486. The van der Waals surface area contributed by atoms with Crippen LogP contribution in [0.5, 0.6) is 11.5 Å². The molecule has 36 heavy (non-hydrogen) atoms. The number of fused-ring (bicyclic) bond motifs is 2. The minimum Gasteiger partial charge on any atom is -0.508 e. The van der Waals surface area contributed by atoms with Crippen molar-refractivity contribution < 1.29 is 19.4 Å². The van der Waals surface area contributed by atoms with E-state index in [9.17, 15) is 9.90 Å². The second kappa shape index (κ2) is 10.7. The smallest absolute Gasteiger partial charge is 0.338 e. The summed E-state index contributed by atoms with van der Waals surface area (Å²) in [7, 11) is 0. The number of para-hydroxylation sites is 1. The third-order valence-corrected chi connectivity index (χ3v) is 5.80. The van der Waals surface area contributed by atoms with Gasteiger partial charge in [-0.1, -0.05) is 54.6 Å². The van der Waals surface area contributed by atoms with Crippen molar-refractivity contribution in [2.24, 2.45) is 0 Å². The van der Waals surface area contributed by atoms with Crippen molar-refractivity contribution in [1.82, 2.24) is 4.98 Å². The molecule has 0 saturated heterocycles. The highest BCUT2D eigenvalue weighted by atomic mass is 16.5. The Hall–Kier alpha value is -4.64. The molecule has 0 atom stereocenters. The molecular formula is C31H25NO4. The number of ether oxygens (including phenoxy) is 2. The molecular weight excluding hydrogens is 450 g/mol. The van der Waals surface area contributed by atoms with Gasteiger partial charge in [0, 0.05) is 11.8 Å². The number of carbonyl (C=O) groups excluding carboxylic acids is 1. The van der Waals surface area contributed by atoms with Crippen molar-refractivity contribution >= 4 is 39.8 Å². The van der Waals surface area contributed by atoms with Crippen LogP contribution in [0.25, 0.3) is 33.8 Å². The SMILES string of the molecule is O=C(OCCCOc1ccc(/C=C/c2ccc3ccccc3n2)cc1)c1ccc2cc(O)ccc2c1. The molecule has 5 aromatic rings. The molecule has 5 nitrogen and oxygen atoms in total. The lowest BCUT2D eigenvalue weighted by atomic mass is 10.1. The van der Waals surface area contributed by atoms with Crippen molar-refractivity contribution in [3.8, 4) is 11.5 Å². The number of hydrogen-bond donors (Lipinski definition) is 1. The summed E-state index contributed by atoms with van der Waals surface area (Å²) in [5.74, 6) is 0.587. The van der Waals surface area contributed by atoms with Gasteiger partial charge in [0.2, 0.25) is 0 Å². The molecule has 0 unspecified atom stereocenters. The van der Waals surface area contributed by atoms with Crippen LogP contribution in [-0.4, -0.2) is 29.3 Å². The number of phenols is 1. The molecule has 0 spiro atoms. The van der Waals surface area contributed by atoms with Gasteiger partial charge >= 0.3 is 5.97 Å². The summed E-state index contributed by atoms with van der Waals surface area (Å²) in [6.07, 6.45) is 4.61. The Balaban J connectivity index is 1.07. The molecule has 0 bridgehead atoms. The normalized spacial score (nSPS) is 11.2. The second-order valence-electron chi connectivity index (χ2n) is 8.42. The Morgan fingerprint density at radius 2 is 1.56 bits per heavy atom. The van der Waals surface area contributed by atoms with Gasteiger partial charge in [0.25, 0.3) is 0 Å². The molecule has 0 radical (unpaired) electrons. The number of esters is 1. The van der Waals surface area contributed by atoms with Crippen molar-refractivity contribution in [1.29, 1.82) is 0 Å². The minimum absolute atomic E-state index is 0.197. The van der Waals surface area contributed by atoms with E-state index in [1.807, 2.05) is 60.7 Å². The van der Waals surface area contributed by atoms with Crippen molar-refractivity contribution in [2.75, 3.05) is 13.2 Å². The van der Waals surface area contributed by atoms with Crippen molar-refractivity contribution in [3.63, 3.8) is 0 Å². The summed E-state index contributed by atoms with van der Waals surface area (Å²) >= 11 is 0. The maximum atomic E-state index is 12.3. The maximum absolute atomic E-state index is 12.3. The van der Waals surface area contributed by atoms with Gasteiger partial charge in [0.15, 0.2) is 0 Å². The van der Waals surface area contributed by atoms with E-state index < -0.39 is 0 Å². The number of nitrogens with zero attached hydrogens (tertiary/aromatic N) is 1. The van der Waals surface area contributed by atoms with Gasteiger partial charge in [0.1, 0.15) is 11.5 Å². The van der Waals surface area contributed by atoms with E-state index >= 15 is 0 Å². The Bertz CT molecular complexity index is 1540. The molecule has 0 saturated carbocycles. The van der Waals surface area contributed by atoms with Crippen molar-refractivity contribution in [3.05, 3.63) is 114 Å². The third kappa shape index (κ3) is 5.70. The van der Waals surface area contributed by atoms with E-state index in [1.54, 1.807) is 36.4 Å². The first-order valence-corrected chi connectivity index (χ1v) is 11.8. The molecule has 0 fully saturated rings. The van der Waals surface area contributed by atoms with Crippen LogP contribution in [0.2, 0.25) is 0 Å². The molecule has 178 valence electrons. The molecule has 1 N–H and O–H groups in total. The lowest BCUT2D eigenvalue weighted by Crippen LogP contribution is -2.09. The van der Waals surface area contributed by atoms with E-state index in [0.717, 1.165) is 38.7 Å². The fourth-order valence-corrected chi connectivity index (χ4v) is 3.89. The highest BCUT2D eigenvalue weighted by Crippen LogP contribution is 2.21. The lowest BCUT2D eigenvalue weighted by Gasteiger charge is -2.08. The van der Waals surface area contributed by atoms with Gasteiger partial charge in [-0.2, -0.15) is 0 Å². The van der Waals surface area contributed by atoms with Crippen LogP contribution >= 0.6 is 0 Å². The number of aromatic nitrogens is 1. The zero-order chi connectivity index (χ0) is 24.7. The van der Waals surface area contributed by atoms with Crippen LogP contribution in [0.15, 0.2) is 97.1 Å². The summed E-state index contributed by atoms with van der Waals surface area (Å²) in [6, 6.07) is 30.3. The van der Waals surface area contributed by atoms with Crippen LogP contribution < -0.4 is 4.74 Å². The van der Waals surface area contributed by atoms with Gasteiger partial charge in [0.05, 0.1) is 30.0 Å².